The molecule has 0 heterocycles. The van der Waals surface area contributed by atoms with Crippen LogP contribution in [0.3, 0.4) is 0 Å². The van der Waals surface area contributed by atoms with Gasteiger partial charge >= 0.3 is 13.2 Å². The second-order valence-electron chi connectivity index (χ2n) is 2.51. The third-order valence-corrected chi connectivity index (χ3v) is 4.51. The Labute approximate surface area is 73.0 Å². The van der Waals surface area contributed by atoms with Crippen molar-refractivity contribution in [1.29, 1.82) is 0 Å². The van der Waals surface area contributed by atoms with E-state index in [1.807, 2.05) is 0 Å². The lowest BCUT2D eigenvalue weighted by Gasteiger charge is -1.86. The summed E-state index contributed by atoms with van der Waals surface area (Å²) < 4.78 is 0. The highest BCUT2D eigenvalue weighted by atomic mass is 35.6. The van der Waals surface area contributed by atoms with Crippen molar-refractivity contribution < 1.29 is 5.11 Å². The average molecular weight is 181 g/mol. The van der Waals surface area contributed by atoms with E-state index in [0.717, 1.165) is 0 Å². The average Bonchev–Trinajstić information content (AvgIpc) is 1.85. The SMILES string of the molecule is CC(C)O.C[CH2][Al]([Cl])[CH2]C. The normalized spacial score (nSPS) is 8.70. The van der Waals surface area contributed by atoms with Crippen molar-refractivity contribution in [3.05, 3.63) is 0 Å². The first-order chi connectivity index (χ1) is 4.54. The Morgan fingerprint density at radius 1 is 1.30 bits per heavy atom. The van der Waals surface area contributed by atoms with Crippen molar-refractivity contribution in [3.8, 4) is 0 Å². The summed E-state index contributed by atoms with van der Waals surface area (Å²) in [5.41, 5.74) is 0. The van der Waals surface area contributed by atoms with Gasteiger partial charge in [-0.3, -0.25) is 10.0 Å². The first kappa shape index (κ1) is 13.4. The molecule has 0 unspecified atom stereocenters. The third kappa shape index (κ3) is 23.3. The first-order valence-electron chi connectivity index (χ1n) is 3.86. The molecule has 0 radical (unpaired) electrons. The van der Waals surface area contributed by atoms with E-state index < -0.39 is 13.2 Å². The minimum absolute atomic E-state index is 0.167. The maximum atomic E-state index is 8.06. The van der Waals surface area contributed by atoms with Crippen LogP contribution in [0.5, 0.6) is 0 Å². The van der Waals surface area contributed by atoms with Crippen LogP contribution in [0.1, 0.15) is 27.7 Å². The van der Waals surface area contributed by atoms with Crippen molar-refractivity contribution in [3.63, 3.8) is 0 Å². The largest absolute Gasteiger partial charge is 0.399 e. The van der Waals surface area contributed by atoms with Crippen LogP contribution in [-0.4, -0.2) is 24.4 Å². The van der Waals surface area contributed by atoms with Gasteiger partial charge in [0.25, 0.3) is 0 Å². The van der Waals surface area contributed by atoms with Crippen molar-refractivity contribution in [2.45, 2.75) is 44.4 Å². The number of hydrogen-bond donors (Lipinski definition) is 1. The van der Waals surface area contributed by atoms with Crippen LogP contribution in [-0.2, 0) is 0 Å². The van der Waals surface area contributed by atoms with E-state index >= 15 is 0 Å². The molecule has 62 valence electrons. The van der Waals surface area contributed by atoms with E-state index in [9.17, 15) is 0 Å². The number of hydrogen-bond acceptors (Lipinski definition) is 1. The van der Waals surface area contributed by atoms with E-state index in [-0.39, 0.29) is 6.10 Å². The van der Waals surface area contributed by atoms with E-state index in [2.05, 4.69) is 13.8 Å². The summed E-state index contributed by atoms with van der Waals surface area (Å²) in [6.07, 6.45) is -0.167. The maximum Gasteiger partial charge on any atom is 0.399 e. The van der Waals surface area contributed by atoms with Gasteiger partial charge in [0.2, 0.25) is 0 Å². The molecule has 0 aliphatic carbocycles. The van der Waals surface area contributed by atoms with Gasteiger partial charge in [0.1, 0.15) is 0 Å². The van der Waals surface area contributed by atoms with Crippen molar-refractivity contribution in [2.75, 3.05) is 0 Å². The third-order valence-electron chi connectivity index (χ3n) is 0.886. The number of aliphatic hydroxyl groups is 1. The second kappa shape index (κ2) is 9.78. The van der Waals surface area contributed by atoms with E-state index in [1.54, 1.807) is 13.8 Å². The Kier molecular flexibility index (Phi) is 13.1. The molecule has 0 aromatic heterocycles. The van der Waals surface area contributed by atoms with Crippen LogP contribution < -0.4 is 0 Å². The molecule has 3 heteroatoms. The summed E-state index contributed by atoms with van der Waals surface area (Å²) in [4.78, 5) is 0. The molecule has 0 atom stereocenters. The molecule has 0 rings (SSSR count). The van der Waals surface area contributed by atoms with Crippen LogP contribution in [0.15, 0.2) is 0 Å². The van der Waals surface area contributed by atoms with Crippen LogP contribution in [0.25, 0.3) is 0 Å². The zero-order valence-corrected chi connectivity index (χ0v) is 9.30. The number of aliphatic hydroxyl groups excluding tert-OH is 1. The standard InChI is InChI=1S/C3H8O.2C2H5.Al.ClH/c1-3(2)4;2*1-2;;/h3-4H,1-2H3;2*1H2,2H3;;1H/q;;;+1;/p-1. The highest BCUT2D eigenvalue weighted by Gasteiger charge is 2.04. The minimum atomic E-state index is -0.688. The zero-order chi connectivity index (χ0) is 8.57. The Balaban J connectivity index is 0. The lowest BCUT2D eigenvalue weighted by molar-refractivity contribution is 0.216. The fraction of sp³-hybridized carbons (Fsp3) is 1.00. The van der Waals surface area contributed by atoms with Crippen molar-refractivity contribution >= 4 is 23.3 Å². The van der Waals surface area contributed by atoms with Gasteiger partial charge in [-0.15, -0.1) is 0 Å². The predicted molar refractivity (Wildman–Crippen MR) is 49.9 cm³/mol. The van der Waals surface area contributed by atoms with Gasteiger partial charge in [-0.05, 0) is 13.8 Å². The molecular weight excluding hydrogens is 163 g/mol. The lowest BCUT2D eigenvalue weighted by Crippen LogP contribution is -1.95. The summed E-state index contributed by atoms with van der Waals surface area (Å²) in [5, 5.41) is 10.5. The fourth-order valence-corrected chi connectivity index (χ4v) is 0.866. The predicted octanol–water partition coefficient (Wildman–Crippen LogP) is 2.64. The van der Waals surface area contributed by atoms with E-state index in [1.165, 1.54) is 10.6 Å². The van der Waals surface area contributed by atoms with Gasteiger partial charge in [-0.1, -0.05) is 24.4 Å². The van der Waals surface area contributed by atoms with Gasteiger partial charge in [0.05, 0.1) is 0 Å². The second-order valence-corrected chi connectivity index (χ2v) is 7.19. The molecule has 1 N–H and O–H groups in total. The molecular formula is C7H18AlClO. The molecule has 0 saturated carbocycles. The molecule has 0 aromatic carbocycles. The summed E-state index contributed by atoms with van der Waals surface area (Å²) >= 11 is -0.688. The summed E-state index contributed by atoms with van der Waals surface area (Å²) in [6, 6.07) is 0. The molecule has 1 nitrogen and oxygen atoms in total. The topological polar surface area (TPSA) is 20.2 Å². The van der Waals surface area contributed by atoms with Gasteiger partial charge in [0, 0.05) is 6.10 Å². The van der Waals surface area contributed by atoms with Crippen LogP contribution in [0.4, 0.5) is 0 Å². The van der Waals surface area contributed by atoms with Crippen LogP contribution >= 0.6 is 10.0 Å². The van der Waals surface area contributed by atoms with Gasteiger partial charge in [0.15, 0.2) is 0 Å². The van der Waals surface area contributed by atoms with Crippen LogP contribution in [0.2, 0.25) is 10.6 Å². The first-order valence-corrected chi connectivity index (χ1v) is 7.24. The van der Waals surface area contributed by atoms with E-state index in [0.29, 0.717) is 0 Å². The number of rotatable bonds is 2. The maximum absolute atomic E-state index is 8.06. The summed E-state index contributed by atoms with van der Waals surface area (Å²) in [7, 11) is 5.79. The Morgan fingerprint density at radius 2 is 1.50 bits per heavy atom. The Bertz CT molecular complexity index is 52.8. The number of halogens is 1. The Hall–Kier alpha value is 0.782. The molecule has 0 bridgehead atoms. The molecule has 0 fully saturated rings. The zero-order valence-electron chi connectivity index (χ0n) is 7.39. The minimum Gasteiger partial charge on any atom is -0.394 e. The van der Waals surface area contributed by atoms with Gasteiger partial charge < -0.3 is 5.11 Å². The van der Waals surface area contributed by atoms with Crippen molar-refractivity contribution in [1.82, 2.24) is 0 Å². The monoisotopic (exact) mass is 180 g/mol. The highest BCUT2D eigenvalue weighted by molar-refractivity contribution is 7.06. The molecule has 0 aromatic rings. The Morgan fingerprint density at radius 3 is 1.50 bits per heavy atom. The van der Waals surface area contributed by atoms with E-state index in [4.69, 9.17) is 15.2 Å². The highest BCUT2D eigenvalue weighted by Crippen LogP contribution is 2.00. The van der Waals surface area contributed by atoms with Gasteiger partial charge in [-0.25, -0.2) is 0 Å². The summed E-state index contributed by atoms with van der Waals surface area (Å²) in [5.74, 6) is 0. The molecule has 0 amide bonds. The smallest absolute Gasteiger partial charge is 0.394 e. The summed E-state index contributed by atoms with van der Waals surface area (Å²) in [6.45, 7) is 7.76. The quantitative estimate of drug-likeness (QED) is 0.648. The molecule has 0 aliphatic rings. The van der Waals surface area contributed by atoms with Gasteiger partial charge in [-0.2, -0.15) is 0 Å². The fourth-order valence-electron chi connectivity index (χ4n) is 0.289. The molecule has 10 heavy (non-hydrogen) atoms. The molecule has 0 saturated heterocycles. The lowest BCUT2D eigenvalue weighted by atomic mass is 10.5. The van der Waals surface area contributed by atoms with Crippen molar-refractivity contribution in [2.24, 2.45) is 0 Å². The van der Waals surface area contributed by atoms with Crippen LogP contribution in [0, 0.1) is 0 Å². The molecule has 0 aliphatic heterocycles. The molecule has 0 spiro atoms.